The summed E-state index contributed by atoms with van der Waals surface area (Å²) in [6.07, 6.45) is 9.55. The molecular weight excluding hydrogens is 252 g/mol. The van der Waals surface area contributed by atoms with Crippen LogP contribution < -0.4 is 0 Å². The molecule has 1 rings (SSSR count). The molecule has 124 valence electrons. The minimum absolute atomic E-state index is 0.442. The van der Waals surface area contributed by atoms with Crippen LogP contribution in [0.25, 0.3) is 0 Å². The molecule has 0 aromatic heterocycles. The zero-order valence-corrected chi connectivity index (χ0v) is 16.0. The van der Waals surface area contributed by atoms with E-state index in [-0.39, 0.29) is 0 Å². The minimum atomic E-state index is 0.442. The molecule has 0 nitrogen and oxygen atoms in total. The molecule has 0 bridgehead atoms. The van der Waals surface area contributed by atoms with Crippen molar-refractivity contribution in [1.82, 2.24) is 0 Å². The van der Waals surface area contributed by atoms with E-state index in [4.69, 9.17) is 0 Å². The Labute approximate surface area is 134 Å². The number of hydrogen-bond acceptors (Lipinski definition) is 0. The predicted octanol–water partition coefficient (Wildman–Crippen LogP) is 7.10. The van der Waals surface area contributed by atoms with Crippen LogP contribution >= 0.6 is 0 Å². The van der Waals surface area contributed by atoms with Gasteiger partial charge in [0, 0.05) is 0 Å². The summed E-state index contributed by atoms with van der Waals surface area (Å²) in [5, 5.41) is 0. The van der Waals surface area contributed by atoms with Crippen LogP contribution in [0.1, 0.15) is 87.5 Å². The first-order valence-corrected chi connectivity index (χ1v) is 9.36. The molecule has 0 heterocycles. The Morgan fingerprint density at radius 3 is 2.05 bits per heavy atom. The molecule has 1 saturated carbocycles. The molecule has 0 radical (unpaired) electrons. The van der Waals surface area contributed by atoms with Gasteiger partial charge in [0.05, 0.1) is 0 Å². The van der Waals surface area contributed by atoms with Gasteiger partial charge in [-0.2, -0.15) is 0 Å². The summed E-state index contributed by atoms with van der Waals surface area (Å²) in [5.74, 6) is 4.46. The Morgan fingerprint density at radius 1 is 1.05 bits per heavy atom. The lowest BCUT2D eigenvalue weighted by atomic mass is 9.57. The molecule has 0 spiro atoms. The van der Waals surface area contributed by atoms with Crippen molar-refractivity contribution >= 4 is 0 Å². The lowest BCUT2D eigenvalue weighted by molar-refractivity contribution is 0.0347. The third kappa shape index (κ3) is 5.15. The summed E-state index contributed by atoms with van der Waals surface area (Å²) < 4.78 is 0. The summed E-state index contributed by atoms with van der Waals surface area (Å²) in [6, 6.07) is 0. The van der Waals surface area contributed by atoms with Crippen molar-refractivity contribution < 1.29 is 0 Å². The van der Waals surface area contributed by atoms with E-state index in [1.165, 1.54) is 37.7 Å². The molecule has 0 saturated heterocycles. The van der Waals surface area contributed by atoms with E-state index < -0.39 is 0 Å². The standard InChI is InChI=1S/C21H40/c1-9-16(5)14-21(7,8)20(11-15(3)4)19-12-18(13-19)17(6)10-2/h11,16-20H,9-10,12-14H2,1-8H3. The second-order valence-corrected chi connectivity index (χ2v) is 8.85. The Bertz CT molecular complexity index is 326. The first kappa shape index (κ1) is 18.8. The molecule has 0 aromatic carbocycles. The number of rotatable bonds is 8. The maximum atomic E-state index is 2.60. The fourth-order valence-corrected chi connectivity index (χ4v) is 4.34. The van der Waals surface area contributed by atoms with E-state index in [1.54, 1.807) is 0 Å². The van der Waals surface area contributed by atoms with Crippen LogP contribution in [-0.4, -0.2) is 0 Å². The van der Waals surface area contributed by atoms with E-state index in [2.05, 4.69) is 61.5 Å². The van der Waals surface area contributed by atoms with Crippen LogP contribution in [0.2, 0.25) is 0 Å². The van der Waals surface area contributed by atoms with Crippen LogP contribution in [-0.2, 0) is 0 Å². The van der Waals surface area contributed by atoms with Crippen LogP contribution in [0.5, 0.6) is 0 Å². The minimum Gasteiger partial charge on any atom is -0.0820 e. The zero-order chi connectivity index (χ0) is 16.2. The predicted molar refractivity (Wildman–Crippen MR) is 96.4 cm³/mol. The SMILES string of the molecule is CCC(C)CC(C)(C)C(C=C(C)C)C1CC(C(C)CC)C1. The van der Waals surface area contributed by atoms with Crippen molar-refractivity contribution in [3.8, 4) is 0 Å². The topological polar surface area (TPSA) is 0 Å². The largest absolute Gasteiger partial charge is 0.0820 e. The lowest BCUT2D eigenvalue weighted by Gasteiger charge is -2.48. The highest BCUT2D eigenvalue weighted by molar-refractivity contribution is 5.06. The van der Waals surface area contributed by atoms with Gasteiger partial charge in [0.2, 0.25) is 0 Å². The third-order valence-corrected chi connectivity index (χ3v) is 6.15. The van der Waals surface area contributed by atoms with Crippen LogP contribution in [0.3, 0.4) is 0 Å². The maximum absolute atomic E-state index is 2.60. The van der Waals surface area contributed by atoms with Crippen molar-refractivity contribution in [3.63, 3.8) is 0 Å². The molecule has 21 heavy (non-hydrogen) atoms. The van der Waals surface area contributed by atoms with Gasteiger partial charge in [-0.1, -0.05) is 66.0 Å². The van der Waals surface area contributed by atoms with Gasteiger partial charge in [0.15, 0.2) is 0 Å². The van der Waals surface area contributed by atoms with Gasteiger partial charge < -0.3 is 0 Å². The highest BCUT2D eigenvalue weighted by atomic mass is 14.5. The van der Waals surface area contributed by atoms with Crippen molar-refractivity contribution in [2.45, 2.75) is 87.5 Å². The molecular formula is C21H40. The maximum Gasteiger partial charge on any atom is -0.0151 e. The first-order valence-electron chi connectivity index (χ1n) is 9.36. The molecule has 0 aliphatic heterocycles. The van der Waals surface area contributed by atoms with E-state index >= 15 is 0 Å². The molecule has 3 atom stereocenters. The zero-order valence-electron chi connectivity index (χ0n) is 16.0. The highest BCUT2D eigenvalue weighted by Gasteiger charge is 2.42. The van der Waals surface area contributed by atoms with Crippen molar-refractivity contribution in [2.75, 3.05) is 0 Å². The van der Waals surface area contributed by atoms with Crippen LogP contribution in [0.4, 0.5) is 0 Å². The average molecular weight is 293 g/mol. The highest BCUT2D eigenvalue weighted by Crippen LogP contribution is 2.51. The molecule has 0 heteroatoms. The van der Waals surface area contributed by atoms with Crippen LogP contribution in [0.15, 0.2) is 11.6 Å². The molecule has 0 aromatic rings. The summed E-state index contributed by atoms with van der Waals surface area (Å²) in [4.78, 5) is 0. The normalized spacial score (nSPS) is 26.7. The van der Waals surface area contributed by atoms with E-state index in [9.17, 15) is 0 Å². The van der Waals surface area contributed by atoms with Crippen molar-refractivity contribution in [3.05, 3.63) is 11.6 Å². The summed E-state index contributed by atoms with van der Waals surface area (Å²) in [5.41, 5.74) is 1.95. The van der Waals surface area contributed by atoms with Gasteiger partial charge >= 0.3 is 0 Å². The molecule has 0 amide bonds. The quantitative estimate of drug-likeness (QED) is 0.418. The smallest absolute Gasteiger partial charge is 0.0151 e. The van der Waals surface area contributed by atoms with Crippen LogP contribution in [0, 0.1) is 35.0 Å². The summed E-state index contributed by atoms with van der Waals surface area (Å²) in [7, 11) is 0. The molecule has 3 unspecified atom stereocenters. The molecule has 1 aliphatic carbocycles. The Morgan fingerprint density at radius 2 is 1.62 bits per heavy atom. The fraction of sp³-hybridized carbons (Fsp3) is 0.905. The Kier molecular flexibility index (Phi) is 7.01. The van der Waals surface area contributed by atoms with Crippen molar-refractivity contribution in [2.24, 2.45) is 35.0 Å². The molecule has 1 fully saturated rings. The number of hydrogen-bond donors (Lipinski definition) is 0. The molecule has 1 aliphatic rings. The Hall–Kier alpha value is -0.260. The summed E-state index contributed by atoms with van der Waals surface area (Å²) in [6.45, 7) is 19.1. The third-order valence-electron chi connectivity index (χ3n) is 6.15. The van der Waals surface area contributed by atoms with E-state index in [1.807, 2.05) is 0 Å². The van der Waals surface area contributed by atoms with Gasteiger partial charge in [-0.3, -0.25) is 0 Å². The lowest BCUT2D eigenvalue weighted by Crippen LogP contribution is -2.40. The van der Waals surface area contributed by atoms with E-state index in [0.717, 1.165) is 29.6 Å². The van der Waals surface area contributed by atoms with Gasteiger partial charge in [-0.05, 0) is 68.1 Å². The second-order valence-electron chi connectivity index (χ2n) is 8.85. The molecule has 0 N–H and O–H groups in total. The van der Waals surface area contributed by atoms with Gasteiger partial charge in [0.25, 0.3) is 0 Å². The van der Waals surface area contributed by atoms with Gasteiger partial charge in [0.1, 0.15) is 0 Å². The number of allylic oxidation sites excluding steroid dienone is 2. The van der Waals surface area contributed by atoms with E-state index in [0.29, 0.717) is 5.41 Å². The van der Waals surface area contributed by atoms with Gasteiger partial charge in [-0.15, -0.1) is 0 Å². The second kappa shape index (κ2) is 7.84. The first-order chi connectivity index (χ1) is 9.71. The fourth-order valence-electron chi connectivity index (χ4n) is 4.34. The van der Waals surface area contributed by atoms with Gasteiger partial charge in [-0.25, -0.2) is 0 Å². The monoisotopic (exact) mass is 292 g/mol. The Balaban J connectivity index is 2.76. The average Bonchev–Trinajstić information content (AvgIpc) is 2.34. The van der Waals surface area contributed by atoms with Crippen molar-refractivity contribution in [1.29, 1.82) is 0 Å². The summed E-state index contributed by atoms with van der Waals surface area (Å²) >= 11 is 0.